The molecule has 0 saturated carbocycles. The van der Waals surface area contributed by atoms with Gasteiger partial charge in [0, 0.05) is 50.6 Å². The maximum absolute atomic E-state index is 13.2. The second-order valence-electron chi connectivity index (χ2n) is 10.4. The van der Waals surface area contributed by atoms with Gasteiger partial charge in [-0.15, -0.1) is 0 Å². The van der Waals surface area contributed by atoms with Crippen LogP contribution in [-0.4, -0.2) is 87.2 Å². The highest BCUT2D eigenvalue weighted by atomic mass is 19.4. The first kappa shape index (κ1) is 27.5. The molecule has 0 aliphatic carbocycles. The number of carbonyl (C=O) groups is 1. The number of hydrogen-bond acceptors (Lipinski definition) is 7. The summed E-state index contributed by atoms with van der Waals surface area (Å²) in [6, 6.07) is 11.4. The van der Waals surface area contributed by atoms with Gasteiger partial charge in [-0.2, -0.15) is 13.2 Å². The maximum Gasteiger partial charge on any atom is 0.401 e. The number of anilines is 3. The van der Waals surface area contributed by atoms with E-state index in [1.54, 1.807) is 6.92 Å². The first-order chi connectivity index (χ1) is 18.7. The molecule has 8 nitrogen and oxygen atoms in total. The highest BCUT2D eigenvalue weighted by molar-refractivity contribution is 5.95. The summed E-state index contributed by atoms with van der Waals surface area (Å²) < 4.78 is 50.2. The number of nitrogens with zero attached hydrogens (tertiary/aromatic N) is 3. The topological polar surface area (TPSA) is 77.5 Å². The Balaban J connectivity index is 1.28. The van der Waals surface area contributed by atoms with Crippen LogP contribution < -0.4 is 19.9 Å². The van der Waals surface area contributed by atoms with Gasteiger partial charge in [0.25, 0.3) is 5.91 Å². The van der Waals surface area contributed by atoms with E-state index in [1.165, 1.54) is 4.90 Å². The van der Waals surface area contributed by atoms with Crippen LogP contribution in [0.25, 0.3) is 0 Å². The number of nitrogens with one attached hydrogen (secondary N) is 1. The minimum Gasteiger partial charge on any atom is -0.478 e. The SMILES string of the molecule is CC(O)c1cc2c(c(N3CCN(CC(F)(F)F)CC3)c1)OC(C(=O)Nc1ccc(N3CCOCC3)cc1)CC2. The number of aliphatic hydroxyl groups excluding tert-OH is 1. The van der Waals surface area contributed by atoms with Crippen LogP contribution in [-0.2, 0) is 16.0 Å². The molecule has 3 aliphatic heterocycles. The highest BCUT2D eigenvalue weighted by Crippen LogP contribution is 2.40. The average molecular weight is 549 g/mol. The molecule has 39 heavy (non-hydrogen) atoms. The van der Waals surface area contributed by atoms with Crippen molar-refractivity contribution >= 4 is 23.0 Å². The van der Waals surface area contributed by atoms with Gasteiger partial charge in [-0.05, 0) is 67.3 Å². The lowest BCUT2D eigenvalue weighted by Crippen LogP contribution is -2.49. The predicted molar refractivity (Wildman–Crippen MR) is 143 cm³/mol. The van der Waals surface area contributed by atoms with Crippen molar-refractivity contribution in [3.63, 3.8) is 0 Å². The fourth-order valence-corrected chi connectivity index (χ4v) is 5.37. The van der Waals surface area contributed by atoms with E-state index in [9.17, 15) is 23.1 Å². The lowest BCUT2D eigenvalue weighted by molar-refractivity contribution is -0.146. The predicted octanol–water partition coefficient (Wildman–Crippen LogP) is 3.59. The van der Waals surface area contributed by atoms with Gasteiger partial charge in [-0.25, -0.2) is 0 Å². The van der Waals surface area contributed by atoms with Crippen molar-refractivity contribution in [2.45, 2.75) is 38.1 Å². The molecule has 0 radical (unpaired) electrons. The summed E-state index contributed by atoms with van der Waals surface area (Å²) in [4.78, 5) is 18.8. The summed E-state index contributed by atoms with van der Waals surface area (Å²) in [7, 11) is 0. The number of fused-ring (bicyclic) bond motifs is 1. The average Bonchev–Trinajstić information content (AvgIpc) is 2.92. The number of rotatable bonds is 6. The molecule has 2 aromatic carbocycles. The smallest absolute Gasteiger partial charge is 0.401 e. The molecule has 1 amide bonds. The van der Waals surface area contributed by atoms with Gasteiger partial charge in [0.1, 0.15) is 5.75 Å². The molecular formula is C28H35F3N4O4. The number of halogens is 3. The Morgan fingerprint density at radius 1 is 1.05 bits per heavy atom. The van der Waals surface area contributed by atoms with Gasteiger partial charge >= 0.3 is 6.18 Å². The summed E-state index contributed by atoms with van der Waals surface area (Å²) in [5.74, 6) is 0.318. The van der Waals surface area contributed by atoms with Crippen LogP contribution in [0.2, 0.25) is 0 Å². The Morgan fingerprint density at radius 2 is 1.74 bits per heavy atom. The van der Waals surface area contributed by atoms with Crippen LogP contribution in [0.4, 0.5) is 30.2 Å². The maximum atomic E-state index is 13.2. The van der Waals surface area contributed by atoms with Crippen molar-refractivity contribution in [3.8, 4) is 5.75 Å². The molecule has 0 bridgehead atoms. The minimum atomic E-state index is -4.24. The lowest BCUT2D eigenvalue weighted by Gasteiger charge is -2.38. The number of aryl methyl sites for hydroxylation is 1. The van der Waals surface area contributed by atoms with Crippen LogP contribution in [0.1, 0.15) is 30.6 Å². The van der Waals surface area contributed by atoms with E-state index >= 15 is 0 Å². The van der Waals surface area contributed by atoms with Gasteiger partial charge in [-0.1, -0.05) is 0 Å². The summed E-state index contributed by atoms with van der Waals surface area (Å²) in [5.41, 5.74) is 4.07. The quantitative estimate of drug-likeness (QED) is 0.572. The van der Waals surface area contributed by atoms with Gasteiger partial charge in [0.15, 0.2) is 6.10 Å². The van der Waals surface area contributed by atoms with Crippen molar-refractivity contribution < 1.29 is 32.5 Å². The molecule has 2 aromatic rings. The third-order valence-electron chi connectivity index (χ3n) is 7.51. The Morgan fingerprint density at radius 3 is 2.38 bits per heavy atom. The number of ether oxygens (including phenoxy) is 2. The number of benzene rings is 2. The van der Waals surface area contributed by atoms with E-state index in [1.807, 2.05) is 41.3 Å². The van der Waals surface area contributed by atoms with Crippen molar-refractivity contribution in [1.29, 1.82) is 0 Å². The molecule has 3 aliphatic rings. The summed E-state index contributed by atoms with van der Waals surface area (Å²) in [6.45, 7) is 5.11. The van der Waals surface area contributed by atoms with Crippen LogP contribution in [0, 0.1) is 0 Å². The van der Waals surface area contributed by atoms with Crippen LogP contribution in [0.3, 0.4) is 0 Å². The number of piperazine rings is 1. The number of amides is 1. The Labute approximate surface area is 226 Å². The summed E-state index contributed by atoms with van der Waals surface area (Å²) in [6.07, 6.45) is -4.58. The molecule has 212 valence electrons. The van der Waals surface area contributed by atoms with E-state index in [0.717, 1.165) is 24.3 Å². The molecule has 2 unspecified atom stereocenters. The number of carbonyl (C=O) groups excluding carboxylic acids is 1. The molecule has 3 heterocycles. The van der Waals surface area contributed by atoms with Gasteiger partial charge in [0.2, 0.25) is 0 Å². The molecule has 2 N–H and O–H groups in total. The molecule has 2 atom stereocenters. The third-order valence-corrected chi connectivity index (χ3v) is 7.51. The molecule has 0 spiro atoms. The number of hydrogen-bond donors (Lipinski definition) is 2. The lowest BCUT2D eigenvalue weighted by atomic mass is 9.96. The fourth-order valence-electron chi connectivity index (χ4n) is 5.37. The third kappa shape index (κ3) is 6.77. The standard InChI is InChI=1S/C28H35F3N4O4/c1-19(36)21-16-20-2-7-25(27(37)32-22-3-5-23(6-4-22)34-12-14-38-15-13-34)39-26(20)24(17-21)35-10-8-33(9-11-35)18-28(29,30)31/h3-6,16-17,19,25,36H,2,7-15,18H2,1H3,(H,32,37). The number of alkyl halides is 3. The van der Waals surface area contributed by atoms with Crippen molar-refractivity contribution in [2.75, 3.05) is 74.1 Å². The van der Waals surface area contributed by atoms with Gasteiger partial charge in [0.05, 0.1) is 31.5 Å². The van der Waals surface area contributed by atoms with Gasteiger partial charge in [-0.3, -0.25) is 9.69 Å². The van der Waals surface area contributed by atoms with E-state index in [2.05, 4.69) is 10.2 Å². The zero-order chi connectivity index (χ0) is 27.6. The molecule has 11 heteroatoms. The van der Waals surface area contributed by atoms with Crippen molar-refractivity contribution in [3.05, 3.63) is 47.5 Å². The fraction of sp³-hybridized carbons (Fsp3) is 0.536. The number of morpholine rings is 1. The first-order valence-corrected chi connectivity index (χ1v) is 13.5. The normalized spacial score (nSPS) is 21.2. The Kier molecular flexibility index (Phi) is 8.20. The van der Waals surface area contributed by atoms with Crippen LogP contribution in [0.15, 0.2) is 36.4 Å². The molecule has 5 rings (SSSR count). The van der Waals surface area contributed by atoms with E-state index in [-0.39, 0.29) is 19.0 Å². The second-order valence-corrected chi connectivity index (χ2v) is 10.4. The molecule has 2 saturated heterocycles. The van der Waals surface area contributed by atoms with E-state index in [4.69, 9.17) is 9.47 Å². The monoisotopic (exact) mass is 548 g/mol. The molecular weight excluding hydrogens is 513 g/mol. The van der Waals surface area contributed by atoms with Crippen molar-refractivity contribution in [2.24, 2.45) is 0 Å². The van der Waals surface area contributed by atoms with E-state index < -0.39 is 24.9 Å². The summed E-state index contributed by atoms with van der Waals surface area (Å²) in [5, 5.41) is 13.2. The Bertz CT molecular complexity index is 1140. The van der Waals surface area contributed by atoms with Crippen molar-refractivity contribution in [1.82, 2.24) is 4.90 Å². The molecule has 2 fully saturated rings. The minimum absolute atomic E-state index is 0.250. The highest BCUT2D eigenvalue weighted by Gasteiger charge is 2.34. The molecule has 0 aromatic heterocycles. The van der Waals surface area contributed by atoms with Crippen LogP contribution >= 0.6 is 0 Å². The first-order valence-electron chi connectivity index (χ1n) is 13.5. The second kappa shape index (κ2) is 11.6. The van der Waals surface area contributed by atoms with E-state index in [0.29, 0.717) is 61.8 Å². The largest absolute Gasteiger partial charge is 0.478 e. The van der Waals surface area contributed by atoms with Crippen LogP contribution in [0.5, 0.6) is 5.75 Å². The van der Waals surface area contributed by atoms with Gasteiger partial charge < -0.3 is 29.7 Å². The number of aliphatic hydroxyl groups is 1. The summed E-state index contributed by atoms with van der Waals surface area (Å²) >= 11 is 0. The Hall–Kier alpha value is -3.02. The zero-order valence-corrected chi connectivity index (χ0v) is 22.0. The zero-order valence-electron chi connectivity index (χ0n) is 22.0.